The number of carboxylic acids is 1. The van der Waals surface area contributed by atoms with E-state index in [1.165, 1.54) is 19.2 Å². The molecule has 0 spiro atoms. The van der Waals surface area contributed by atoms with Crippen LogP contribution in [0.25, 0.3) is 0 Å². The zero-order valence-corrected chi connectivity index (χ0v) is 11.3. The maximum absolute atomic E-state index is 12.1. The predicted octanol–water partition coefficient (Wildman–Crippen LogP) is 1.46. The van der Waals surface area contributed by atoms with Crippen LogP contribution in [0.5, 0.6) is 5.75 Å². The Hall–Kier alpha value is -2.08. The number of nitrogens with one attached hydrogen (secondary N) is 1. The van der Waals surface area contributed by atoms with Crippen LogP contribution < -0.4 is 15.8 Å². The van der Waals surface area contributed by atoms with Gasteiger partial charge < -0.3 is 20.9 Å². The summed E-state index contributed by atoms with van der Waals surface area (Å²) in [5.41, 5.74) is 6.38. The SMILES string of the molecule is COc1cc(NC(=O)C2CCC(N)C2)ccc1C(=O)O. The van der Waals surface area contributed by atoms with E-state index >= 15 is 0 Å². The summed E-state index contributed by atoms with van der Waals surface area (Å²) >= 11 is 0. The average Bonchev–Trinajstić information content (AvgIpc) is 2.85. The molecule has 0 bridgehead atoms. The highest BCUT2D eigenvalue weighted by atomic mass is 16.5. The van der Waals surface area contributed by atoms with Crippen molar-refractivity contribution in [2.45, 2.75) is 25.3 Å². The molecule has 0 aromatic heterocycles. The summed E-state index contributed by atoms with van der Waals surface area (Å²) in [6.07, 6.45) is 2.34. The molecule has 1 amide bonds. The van der Waals surface area contributed by atoms with Crippen LogP contribution in [0, 0.1) is 5.92 Å². The molecular formula is C14H18N2O4. The van der Waals surface area contributed by atoms with Gasteiger partial charge in [0.1, 0.15) is 11.3 Å². The van der Waals surface area contributed by atoms with Crippen molar-refractivity contribution in [2.75, 3.05) is 12.4 Å². The van der Waals surface area contributed by atoms with E-state index < -0.39 is 5.97 Å². The van der Waals surface area contributed by atoms with Gasteiger partial charge in [0.2, 0.25) is 5.91 Å². The average molecular weight is 278 g/mol. The first-order valence-electron chi connectivity index (χ1n) is 6.49. The van der Waals surface area contributed by atoms with E-state index in [0.717, 1.165) is 12.8 Å². The van der Waals surface area contributed by atoms with Gasteiger partial charge in [-0.1, -0.05) is 0 Å². The van der Waals surface area contributed by atoms with E-state index in [4.69, 9.17) is 15.6 Å². The molecule has 0 radical (unpaired) electrons. The molecule has 20 heavy (non-hydrogen) atoms. The number of aromatic carboxylic acids is 1. The van der Waals surface area contributed by atoms with E-state index in [1.54, 1.807) is 6.07 Å². The first-order valence-corrected chi connectivity index (χ1v) is 6.49. The molecule has 1 aromatic carbocycles. The Balaban J connectivity index is 2.10. The van der Waals surface area contributed by atoms with Crippen LogP contribution in [-0.4, -0.2) is 30.1 Å². The Bertz CT molecular complexity index is 530. The molecule has 1 saturated carbocycles. The summed E-state index contributed by atoms with van der Waals surface area (Å²) in [4.78, 5) is 23.0. The number of nitrogens with two attached hydrogens (primary N) is 1. The summed E-state index contributed by atoms with van der Waals surface area (Å²) in [7, 11) is 1.39. The monoisotopic (exact) mass is 278 g/mol. The third-order valence-electron chi connectivity index (χ3n) is 3.54. The number of ether oxygens (including phenoxy) is 1. The van der Waals surface area contributed by atoms with Gasteiger partial charge in [-0.05, 0) is 31.4 Å². The fourth-order valence-corrected chi connectivity index (χ4v) is 2.44. The summed E-state index contributed by atoms with van der Waals surface area (Å²) in [6, 6.07) is 4.57. The normalized spacial score (nSPS) is 21.5. The number of carbonyl (C=O) groups excluding carboxylic acids is 1. The van der Waals surface area contributed by atoms with Gasteiger partial charge in [0.05, 0.1) is 7.11 Å². The van der Waals surface area contributed by atoms with Crippen LogP contribution in [0.4, 0.5) is 5.69 Å². The molecule has 1 aliphatic carbocycles. The van der Waals surface area contributed by atoms with Crippen LogP contribution in [-0.2, 0) is 4.79 Å². The van der Waals surface area contributed by atoms with Crippen LogP contribution in [0.1, 0.15) is 29.6 Å². The van der Waals surface area contributed by atoms with E-state index in [2.05, 4.69) is 5.32 Å². The Morgan fingerprint density at radius 3 is 2.70 bits per heavy atom. The smallest absolute Gasteiger partial charge is 0.339 e. The molecule has 0 aliphatic heterocycles. The minimum atomic E-state index is -1.07. The second-order valence-corrected chi connectivity index (χ2v) is 4.98. The van der Waals surface area contributed by atoms with Crippen molar-refractivity contribution in [2.24, 2.45) is 11.7 Å². The standard InChI is InChI=1S/C14H18N2O4/c1-20-12-7-10(4-5-11(12)14(18)19)16-13(17)8-2-3-9(15)6-8/h4-5,7-9H,2-3,6,15H2,1H3,(H,16,17)(H,18,19). The lowest BCUT2D eigenvalue weighted by atomic mass is 10.1. The van der Waals surface area contributed by atoms with Gasteiger partial charge in [0, 0.05) is 23.7 Å². The highest BCUT2D eigenvalue weighted by Gasteiger charge is 2.27. The zero-order valence-electron chi connectivity index (χ0n) is 11.3. The van der Waals surface area contributed by atoms with E-state index in [1.807, 2.05) is 0 Å². The van der Waals surface area contributed by atoms with Gasteiger partial charge in [0.25, 0.3) is 0 Å². The minimum Gasteiger partial charge on any atom is -0.496 e. The van der Waals surface area contributed by atoms with E-state index in [-0.39, 0.29) is 29.2 Å². The van der Waals surface area contributed by atoms with Gasteiger partial charge in [0.15, 0.2) is 0 Å². The van der Waals surface area contributed by atoms with Gasteiger partial charge in [-0.15, -0.1) is 0 Å². The molecule has 0 heterocycles. The van der Waals surface area contributed by atoms with Gasteiger partial charge in [-0.2, -0.15) is 0 Å². The largest absolute Gasteiger partial charge is 0.496 e. The van der Waals surface area contributed by atoms with Gasteiger partial charge in [-0.25, -0.2) is 4.79 Å². The second-order valence-electron chi connectivity index (χ2n) is 4.98. The Morgan fingerprint density at radius 1 is 1.40 bits per heavy atom. The summed E-state index contributed by atoms with van der Waals surface area (Å²) in [5, 5.41) is 11.8. The topological polar surface area (TPSA) is 102 Å². The van der Waals surface area contributed by atoms with Crippen molar-refractivity contribution in [3.63, 3.8) is 0 Å². The van der Waals surface area contributed by atoms with Crippen LogP contribution in [0.15, 0.2) is 18.2 Å². The molecule has 2 rings (SSSR count). The first-order chi connectivity index (χ1) is 9.51. The Kier molecular flexibility index (Phi) is 4.24. The molecule has 1 aliphatic rings. The zero-order chi connectivity index (χ0) is 14.7. The summed E-state index contributed by atoms with van der Waals surface area (Å²) in [5.74, 6) is -1.00. The Morgan fingerprint density at radius 2 is 2.15 bits per heavy atom. The van der Waals surface area contributed by atoms with E-state index in [0.29, 0.717) is 12.1 Å². The highest BCUT2D eigenvalue weighted by molar-refractivity contribution is 5.95. The summed E-state index contributed by atoms with van der Waals surface area (Å²) in [6.45, 7) is 0. The van der Waals surface area contributed by atoms with Crippen LogP contribution in [0.2, 0.25) is 0 Å². The number of rotatable bonds is 4. The van der Waals surface area contributed by atoms with Crippen LogP contribution >= 0.6 is 0 Å². The number of benzene rings is 1. The van der Waals surface area contributed by atoms with Crippen molar-refractivity contribution >= 4 is 17.6 Å². The quantitative estimate of drug-likeness (QED) is 0.774. The maximum atomic E-state index is 12.1. The number of carboxylic acid groups (broad SMARTS) is 1. The molecule has 108 valence electrons. The minimum absolute atomic E-state index is 0.0633. The molecule has 6 heteroatoms. The lowest BCUT2D eigenvalue weighted by Crippen LogP contribution is -2.23. The van der Waals surface area contributed by atoms with Crippen molar-refractivity contribution in [1.82, 2.24) is 0 Å². The van der Waals surface area contributed by atoms with Crippen molar-refractivity contribution < 1.29 is 19.4 Å². The van der Waals surface area contributed by atoms with Crippen molar-refractivity contribution in [1.29, 1.82) is 0 Å². The third kappa shape index (κ3) is 3.08. The Labute approximate surface area is 116 Å². The fraction of sp³-hybridized carbons (Fsp3) is 0.429. The lowest BCUT2D eigenvalue weighted by Gasteiger charge is -2.12. The fourth-order valence-electron chi connectivity index (χ4n) is 2.44. The molecule has 2 atom stereocenters. The molecule has 1 aromatic rings. The van der Waals surface area contributed by atoms with Crippen molar-refractivity contribution in [3.8, 4) is 5.75 Å². The third-order valence-corrected chi connectivity index (χ3v) is 3.54. The molecule has 4 N–H and O–H groups in total. The number of amides is 1. The first kappa shape index (κ1) is 14.3. The second kappa shape index (κ2) is 5.92. The molecule has 1 fully saturated rings. The van der Waals surface area contributed by atoms with Crippen molar-refractivity contribution in [3.05, 3.63) is 23.8 Å². The highest BCUT2D eigenvalue weighted by Crippen LogP contribution is 2.27. The van der Waals surface area contributed by atoms with Gasteiger partial charge in [-0.3, -0.25) is 4.79 Å². The number of methoxy groups -OCH3 is 1. The summed E-state index contributed by atoms with van der Waals surface area (Å²) < 4.78 is 5.02. The molecular weight excluding hydrogens is 260 g/mol. The number of carbonyl (C=O) groups is 2. The molecule has 0 saturated heterocycles. The van der Waals surface area contributed by atoms with Gasteiger partial charge >= 0.3 is 5.97 Å². The lowest BCUT2D eigenvalue weighted by molar-refractivity contribution is -0.119. The predicted molar refractivity (Wildman–Crippen MR) is 73.9 cm³/mol. The van der Waals surface area contributed by atoms with E-state index in [9.17, 15) is 9.59 Å². The maximum Gasteiger partial charge on any atom is 0.339 e. The molecule has 2 unspecified atom stereocenters. The van der Waals surface area contributed by atoms with Crippen LogP contribution in [0.3, 0.4) is 0 Å². The number of hydrogen-bond acceptors (Lipinski definition) is 4. The number of anilines is 1. The number of hydrogen-bond donors (Lipinski definition) is 3. The molecule has 6 nitrogen and oxygen atoms in total.